The zero-order valence-corrected chi connectivity index (χ0v) is 18.5. The van der Waals surface area contributed by atoms with Crippen molar-refractivity contribution in [2.24, 2.45) is 4.99 Å². The first-order valence-corrected chi connectivity index (χ1v) is 9.50. The van der Waals surface area contributed by atoms with E-state index in [-0.39, 0.29) is 24.0 Å². The van der Waals surface area contributed by atoms with Gasteiger partial charge in [-0.1, -0.05) is 36.2 Å². The molecule has 6 heteroatoms. The lowest BCUT2D eigenvalue weighted by Gasteiger charge is -2.33. The Hall–Kier alpha value is -0.530. The molecule has 1 unspecified atom stereocenters. The van der Waals surface area contributed by atoms with Crippen molar-refractivity contribution >= 4 is 41.5 Å². The molecule has 1 saturated heterocycles. The van der Waals surface area contributed by atoms with E-state index in [0.29, 0.717) is 6.54 Å². The summed E-state index contributed by atoms with van der Waals surface area (Å²) in [4.78, 5) is 6.91. The summed E-state index contributed by atoms with van der Waals surface area (Å²) in [5, 5.41) is 7.49. The highest BCUT2D eigenvalue weighted by atomic mass is 127. The highest BCUT2D eigenvalue weighted by Crippen LogP contribution is 2.16. The molecule has 1 fully saturated rings. The number of hydrogen-bond acceptors (Lipinski definition) is 2. The predicted octanol–water partition coefficient (Wildman–Crippen LogP) is 4.28. The summed E-state index contributed by atoms with van der Waals surface area (Å²) >= 11 is 6.18. The van der Waals surface area contributed by atoms with Crippen LogP contribution >= 0.6 is 35.6 Å². The fourth-order valence-corrected chi connectivity index (χ4v) is 3.38. The predicted molar refractivity (Wildman–Crippen MR) is 119 cm³/mol. The van der Waals surface area contributed by atoms with Crippen molar-refractivity contribution in [1.29, 1.82) is 0 Å². The Bertz CT molecular complexity index is 524. The molecule has 1 aliphatic rings. The fraction of sp³-hybridized carbons (Fsp3) is 0.632. The van der Waals surface area contributed by atoms with Gasteiger partial charge in [-0.3, -0.25) is 4.99 Å². The summed E-state index contributed by atoms with van der Waals surface area (Å²) in [5.74, 6) is 0.835. The molecule has 4 nitrogen and oxygen atoms in total. The Kier molecular flexibility index (Phi) is 11.5. The zero-order valence-electron chi connectivity index (χ0n) is 15.4. The van der Waals surface area contributed by atoms with E-state index >= 15 is 0 Å². The molecule has 0 saturated carbocycles. The third-order valence-corrected chi connectivity index (χ3v) is 5.10. The molecule has 1 heterocycles. The number of nitrogens with zero attached hydrogens (tertiary/aromatic N) is 2. The number of nitrogens with one attached hydrogen (secondary N) is 2. The highest BCUT2D eigenvalue weighted by molar-refractivity contribution is 14.0. The molecular formula is C19H32ClIN4. The van der Waals surface area contributed by atoms with Gasteiger partial charge in [-0.15, -0.1) is 24.0 Å². The van der Waals surface area contributed by atoms with Crippen LogP contribution in [-0.2, 0) is 6.54 Å². The number of piperidine rings is 1. The van der Waals surface area contributed by atoms with Crippen LogP contribution in [0.1, 0.15) is 44.6 Å². The van der Waals surface area contributed by atoms with E-state index < -0.39 is 0 Å². The van der Waals surface area contributed by atoms with Crippen LogP contribution in [0.15, 0.2) is 29.3 Å². The van der Waals surface area contributed by atoms with Gasteiger partial charge < -0.3 is 15.5 Å². The van der Waals surface area contributed by atoms with Gasteiger partial charge in [0.15, 0.2) is 5.96 Å². The van der Waals surface area contributed by atoms with E-state index in [9.17, 15) is 0 Å². The number of guanidine groups is 1. The lowest BCUT2D eigenvalue weighted by Crippen LogP contribution is -2.39. The second-order valence-corrected chi connectivity index (χ2v) is 6.94. The molecule has 1 aromatic carbocycles. The van der Waals surface area contributed by atoms with E-state index in [2.05, 4.69) is 27.4 Å². The maximum atomic E-state index is 6.18. The molecule has 0 spiro atoms. The van der Waals surface area contributed by atoms with Crippen LogP contribution in [0.5, 0.6) is 0 Å². The summed E-state index contributed by atoms with van der Waals surface area (Å²) in [6.45, 7) is 6.48. The number of rotatable bonds is 7. The molecule has 0 aliphatic carbocycles. The second kappa shape index (κ2) is 12.8. The lowest BCUT2D eigenvalue weighted by molar-refractivity contribution is 0.158. The average molecular weight is 479 g/mol. The van der Waals surface area contributed by atoms with Crippen molar-refractivity contribution in [1.82, 2.24) is 15.5 Å². The Balaban J connectivity index is 0.00000312. The third-order valence-electron chi connectivity index (χ3n) is 4.73. The van der Waals surface area contributed by atoms with Crippen molar-refractivity contribution in [3.63, 3.8) is 0 Å². The topological polar surface area (TPSA) is 39.7 Å². The monoisotopic (exact) mass is 478 g/mol. The third kappa shape index (κ3) is 8.13. The minimum absolute atomic E-state index is 0. The molecule has 2 rings (SSSR count). The maximum Gasteiger partial charge on any atom is 0.191 e. The molecule has 1 aromatic rings. The van der Waals surface area contributed by atoms with Gasteiger partial charge in [0.25, 0.3) is 0 Å². The summed E-state index contributed by atoms with van der Waals surface area (Å²) < 4.78 is 0. The van der Waals surface area contributed by atoms with Crippen LogP contribution in [0, 0.1) is 0 Å². The number of halogens is 2. The number of benzene rings is 1. The van der Waals surface area contributed by atoms with Crippen molar-refractivity contribution in [2.45, 2.75) is 51.6 Å². The number of unbranched alkanes of at least 4 members (excludes halogenated alkanes) is 1. The van der Waals surface area contributed by atoms with Crippen LogP contribution in [0.4, 0.5) is 0 Å². The maximum absolute atomic E-state index is 6.18. The Morgan fingerprint density at radius 2 is 2.04 bits per heavy atom. The van der Waals surface area contributed by atoms with E-state index in [1.54, 1.807) is 7.05 Å². The van der Waals surface area contributed by atoms with Crippen LogP contribution < -0.4 is 10.6 Å². The molecule has 2 N–H and O–H groups in total. The number of hydrogen-bond donors (Lipinski definition) is 2. The Labute approximate surface area is 174 Å². The molecule has 1 atom stereocenters. The van der Waals surface area contributed by atoms with Gasteiger partial charge in [-0.05, 0) is 57.3 Å². The van der Waals surface area contributed by atoms with Crippen LogP contribution in [-0.4, -0.2) is 43.6 Å². The summed E-state index contributed by atoms with van der Waals surface area (Å²) in [5.41, 5.74) is 1.08. The number of aliphatic imine (C=N–C) groups is 1. The molecule has 142 valence electrons. The second-order valence-electron chi connectivity index (χ2n) is 6.53. The van der Waals surface area contributed by atoms with Crippen molar-refractivity contribution in [3.8, 4) is 0 Å². The largest absolute Gasteiger partial charge is 0.356 e. The van der Waals surface area contributed by atoms with Gasteiger partial charge in [-0.25, -0.2) is 0 Å². The highest BCUT2D eigenvalue weighted by Gasteiger charge is 2.16. The van der Waals surface area contributed by atoms with Gasteiger partial charge in [0.05, 0.1) is 0 Å². The Morgan fingerprint density at radius 3 is 2.76 bits per heavy atom. The van der Waals surface area contributed by atoms with Crippen molar-refractivity contribution in [3.05, 3.63) is 34.9 Å². The van der Waals surface area contributed by atoms with Crippen molar-refractivity contribution in [2.75, 3.05) is 26.7 Å². The first-order valence-electron chi connectivity index (χ1n) is 9.12. The van der Waals surface area contributed by atoms with E-state index in [1.807, 2.05) is 24.3 Å². The fourth-order valence-electron chi connectivity index (χ4n) is 3.18. The summed E-state index contributed by atoms with van der Waals surface area (Å²) in [7, 11) is 1.80. The molecular weight excluding hydrogens is 447 g/mol. The minimum atomic E-state index is 0. The summed E-state index contributed by atoms with van der Waals surface area (Å²) in [6, 6.07) is 8.65. The molecule has 0 radical (unpaired) electrons. The summed E-state index contributed by atoms with van der Waals surface area (Å²) in [6.07, 6.45) is 6.51. The first kappa shape index (κ1) is 22.5. The van der Waals surface area contributed by atoms with Crippen LogP contribution in [0.3, 0.4) is 0 Å². The molecule has 25 heavy (non-hydrogen) atoms. The van der Waals surface area contributed by atoms with Crippen molar-refractivity contribution < 1.29 is 0 Å². The minimum Gasteiger partial charge on any atom is -0.356 e. The van der Waals surface area contributed by atoms with E-state index in [1.165, 1.54) is 38.8 Å². The first-order chi connectivity index (χ1) is 11.7. The molecule has 0 bridgehead atoms. The molecule has 1 aliphatic heterocycles. The smallest absolute Gasteiger partial charge is 0.191 e. The molecule has 0 amide bonds. The molecule has 0 aromatic heterocycles. The lowest BCUT2D eigenvalue weighted by atomic mass is 10.0. The Morgan fingerprint density at radius 1 is 1.24 bits per heavy atom. The van der Waals surface area contributed by atoms with E-state index in [4.69, 9.17) is 11.6 Å². The normalized spacial score (nSPS) is 18.5. The van der Waals surface area contributed by atoms with Crippen LogP contribution in [0.2, 0.25) is 5.02 Å². The van der Waals surface area contributed by atoms with E-state index in [0.717, 1.165) is 35.6 Å². The van der Waals surface area contributed by atoms with Crippen LogP contribution in [0.25, 0.3) is 0 Å². The SMILES string of the molecule is CN=C(NCCCCN1CCCCC1C)NCc1ccccc1Cl.I. The van der Waals surface area contributed by atoms with Gasteiger partial charge >= 0.3 is 0 Å². The average Bonchev–Trinajstić information content (AvgIpc) is 2.60. The van der Waals surface area contributed by atoms with Gasteiger partial charge in [0.2, 0.25) is 0 Å². The quantitative estimate of drug-likeness (QED) is 0.266. The van der Waals surface area contributed by atoms with Gasteiger partial charge in [-0.2, -0.15) is 0 Å². The van der Waals surface area contributed by atoms with Gasteiger partial charge in [0, 0.05) is 31.2 Å². The number of likely N-dealkylation sites (tertiary alicyclic amines) is 1. The zero-order chi connectivity index (χ0) is 17.2. The van der Waals surface area contributed by atoms with Gasteiger partial charge in [0.1, 0.15) is 0 Å². The standard InChI is InChI=1S/C19H31ClN4.HI/c1-16-9-5-7-13-24(16)14-8-6-12-22-19(21-2)23-15-17-10-3-4-11-18(17)20;/h3-4,10-11,16H,5-9,12-15H2,1-2H3,(H2,21,22,23);1H.